The Bertz CT molecular complexity index is 561. The van der Waals surface area contributed by atoms with Gasteiger partial charge in [-0.2, -0.15) is 0 Å². The summed E-state index contributed by atoms with van der Waals surface area (Å²) in [7, 11) is 2.00. The van der Waals surface area contributed by atoms with Gasteiger partial charge in [-0.05, 0) is 30.4 Å². The molecule has 3 heteroatoms. The largest absolute Gasteiger partial charge is 0.392 e. The lowest BCUT2D eigenvalue weighted by atomic mass is 9.92. The first kappa shape index (κ1) is 12.4. The zero-order valence-electron chi connectivity index (χ0n) is 11.3. The van der Waals surface area contributed by atoms with E-state index in [0.29, 0.717) is 5.92 Å². The Labute approximate surface area is 113 Å². The highest BCUT2D eigenvalue weighted by atomic mass is 16.3. The van der Waals surface area contributed by atoms with Crippen molar-refractivity contribution in [3.05, 3.63) is 53.6 Å². The number of imidazole rings is 1. The van der Waals surface area contributed by atoms with Crippen LogP contribution in [0, 0.1) is 0 Å². The van der Waals surface area contributed by atoms with Crippen molar-refractivity contribution < 1.29 is 5.11 Å². The zero-order chi connectivity index (χ0) is 13.2. The predicted octanol–water partition coefficient (Wildman–Crippen LogP) is 2.44. The Kier molecular flexibility index (Phi) is 3.38. The van der Waals surface area contributed by atoms with Crippen LogP contribution < -0.4 is 0 Å². The lowest BCUT2D eigenvalue weighted by Crippen LogP contribution is -2.18. The van der Waals surface area contributed by atoms with Crippen molar-refractivity contribution in [3.8, 4) is 0 Å². The maximum Gasteiger partial charge on any atom is 0.108 e. The van der Waals surface area contributed by atoms with E-state index in [1.165, 1.54) is 11.1 Å². The lowest BCUT2D eigenvalue weighted by Gasteiger charge is -2.19. The van der Waals surface area contributed by atoms with Crippen LogP contribution in [-0.2, 0) is 19.9 Å². The third kappa shape index (κ3) is 2.43. The van der Waals surface area contributed by atoms with E-state index in [1.54, 1.807) is 0 Å². The van der Waals surface area contributed by atoms with Crippen molar-refractivity contribution in [2.24, 2.45) is 7.05 Å². The van der Waals surface area contributed by atoms with E-state index in [2.05, 4.69) is 29.2 Å². The monoisotopic (exact) mass is 256 g/mol. The van der Waals surface area contributed by atoms with Crippen LogP contribution in [0.25, 0.3) is 0 Å². The molecule has 0 aliphatic heterocycles. The Morgan fingerprint density at radius 3 is 3.05 bits per heavy atom. The van der Waals surface area contributed by atoms with Gasteiger partial charge in [-0.3, -0.25) is 0 Å². The molecule has 0 fully saturated rings. The van der Waals surface area contributed by atoms with E-state index in [4.69, 9.17) is 0 Å². The Balaban J connectivity index is 1.66. The molecular formula is C16H20N2O. The van der Waals surface area contributed by atoms with Gasteiger partial charge in [-0.1, -0.05) is 24.3 Å². The van der Waals surface area contributed by atoms with E-state index < -0.39 is 0 Å². The summed E-state index contributed by atoms with van der Waals surface area (Å²) in [5, 5.41) is 10.4. The van der Waals surface area contributed by atoms with Gasteiger partial charge in [0.2, 0.25) is 0 Å². The number of rotatable bonds is 4. The summed E-state index contributed by atoms with van der Waals surface area (Å²) in [5.41, 5.74) is 2.75. The molecule has 2 aromatic rings. The number of aromatic nitrogens is 2. The molecule has 2 unspecified atom stereocenters. The molecule has 0 saturated carbocycles. The third-order valence-corrected chi connectivity index (χ3v) is 4.23. The van der Waals surface area contributed by atoms with Crippen molar-refractivity contribution in [1.82, 2.24) is 9.55 Å². The molecule has 2 atom stereocenters. The number of hydrogen-bond donors (Lipinski definition) is 1. The molecule has 1 aliphatic rings. The summed E-state index contributed by atoms with van der Waals surface area (Å²) in [5.74, 6) is 1.35. The van der Waals surface area contributed by atoms with Crippen LogP contribution in [0.1, 0.15) is 35.7 Å². The van der Waals surface area contributed by atoms with Crippen LogP contribution >= 0.6 is 0 Å². The van der Waals surface area contributed by atoms with E-state index in [0.717, 1.165) is 31.5 Å². The summed E-state index contributed by atoms with van der Waals surface area (Å²) >= 11 is 0. The number of aliphatic hydroxyl groups excluding tert-OH is 1. The summed E-state index contributed by atoms with van der Waals surface area (Å²) in [4.78, 5) is 4.31. The molecule has 3 rings (SSSR count). The molecule has 1 N–H and O–H groups in total. The maximum absolute atomic E-state index is 10.4. The first-order chi connectivity index (χ1) is 9.25. The van der Waals surface area contributed by atoms with Crippen molar-refractivity contribution in [3.63, 3.8) is 0 Å². The highest BCUT2D eigenvalue weighted by Gasteiger charge is 2.28. The SMILES string of the molecule is Cn1ccnc1CCC(O)C1CCc2ccccc21. The van der Waals surface area contributed by atoms with Gasteiger partial charge in [-0.15, -0.1) is 0 Å². The molecule has 100 valence electrons. The van der Waals surface area contributed by atoms with Gasteiger partial charge in [0.15, 0.2) is 0 Å². The molecule has 0 spiro atoms. The minimum Gasteiger partial charge on any atom is -0.392 e. The molecule has 0 amide bonds. The minimum atomic E-state index is -0.264. The molecule has 0 radical (unpaired) electrons. The van der Waals surface area contributed by atoms with Crippen molar-refractivity contribution >= 4 is 0 Å². The van der Waals surface area contributed by atoms with E-state index in [9.17, 15) is 5.11 Å². The zero-order valence-corrected chi connectivity index (χ0v) is 11.3. The quantitative estimate of drug-likeness (QED) is 0.912. The standard InChI is InChI=1S/C16H20N2O/c1-18-11-10-17-16(18)9-8-15(19)14-7-6-12-4-2-3-5-13(12)14/h2-5,10-11,14-15,19H,6-9H2,1H3. The Hall–Kier alpha value is -1.61. The number of hydrogen-bond acceptors (Lipinski definition) is 2. The first-order valence-corrected chi connectivity index (χ1v) is 6.98. The highest BCUT2D eigenvalue weighted by Crippen LogP contribution is 2.36. The van der Waals surface area contributed by atoms with Crippen molar-refractivity contribution in [2.75, 3.05) is 0 Å². The first-order valence-electron chi connectivity index (χ1n) is 6.98. The molecule has 1 heterocycles. The van der Waals surface area contributed by atoms with Crippen molar-refractivity contribution in [1.29, 1.82) is 0 Å². The number of benzene rings is 1. The molecule has 1 aromatic heterocycles. The van der Waals surface area contributed by atoms with Crippen LogP contribution in [-0.4, -0.2) is 20.8 Å². The van der Waals surface area contributed by atoms with E-state index >= 15 is 0 Å². The number of aliphatic hydroxyl groups is 1. The Morgan fingerprint density at radius 2 is 2.26 bits per heavy atom. The van der Waals surface area contributed by atoms with Crippen LogP contribution in [0.2, 0.25) is 0 Å². The average Bonchev–Trinajstić information content (AvgIpc) is 3.02. The topological polar surface area (TPSA) is 38.0 Å². The van der Waals surface area contributed by atoms with Gasteiger partial charge in [0, 0.05) is 31.8 Å². The normalized spacial score (nSPS) is 19.4. The maximum atomic E-state index is 10.4. The van der Waals surface area contributed by atoms with Gasteiger partial charge in [0.1, 0.15) is 5.82 Å². The summed E-state index contributed by atoms with van der Waals surface area (Å²) < 4.78 is 2.02. The average molecular weight is 256 g/mol. The smallest absolute Gasteiger partial charge is 0.108 e. The van der Waals surface area contributed by atoms with Crippen LogP contribution in [0.15, 0.2) is 36.7 Å². The van der Waals surface area contributed by atoms with Gasteiger partial charge < -0.3 is 9.67 Å². The fraction of sp³-hybridized carbons (Fsp3) is 0.438. The molecule has 0 bridgehead atoms. The second-order valence-corrected chi connectivity index (χ2v) is 5.40. The van der Waals surface area contributed by atoms with Crippen LogP contribution in [0.4, 0.5) is 0 Å². The minimum absolute atomic E-state index is 0.264. The number of nitrogens with zero attached hydrogens (tertiary/aromatic N) is 2. The Morgan fingerprint density at radius 1 is 1.42 bits per heavy atom. The van der Waals surface area contributed by atoms with Gasteiger partial charge in [0.05, 0.1) is 6.10 Å². The molecule has 1 aromatic carbocycles. The summed E-state index contributed by atoms with van der Waals surface area (Å²) in [6.45, 7) is 0. The molecule has 1 aliphatic carbocycles. The lowest BCUT2D eigenvalue weighted by molar-refractivity contribution is 0.133. The second kappa shape index (κ2) is 5.17. The van der Waals surface area contributed by atoms with E-state index in [-0.39, 0.29) is 6.10 Å². The van der Waals surface area contributed by atoms with Crippen LogP contribution in [0.5, 0.6) is 0 Å². The highest BCUT2D eigenvalue weighted by molar-refractivity contribution is 5.35. The predicted molar refractivity (Wildman–Crippen MR) is 75.0 cm³/mol. The third-order valence-electron chi connectivity index (χ3n) is 4.23. The number of aryl methyl sites for hydroxylation is 3. The fourth-order valence-electron chi connectivity index (χ4n) is 3.11. The van der Waals surface area contributed by atoms with Gasteiger partial charge >= 0.3 is 0 Å². The molecule has 0 saturated heterocycles. The second-order valence-electron chi connectivity index (χ2n) is 5.40. The summed E-state index contributed by atoms with van der Waals surface area (Å²) in [6.07, 6.45) is 7.29. The summed E-state index contributed by atoms with van der Waals surface area (Å²) in [6, 6.07) is 8.50. The van der Waals surface area contributed by atoms with E-state index in [1.807, 2.05) is 24.0 Å². The van der Waals surface area contributed by atoms with Gasteiger partial charge in [0.25, 0.3) is 0 Å². The molecule has 3 nitrogen and oxygen atoms in total. The molecule has 19 heavy (non-hydrogen) atoms. The van der Waals surface area contributed by atoms with Crippen molar-refractivity contribution in [2.45, 2.75) is 37.7 Å². The molecular weight excluding hydrogens is 236 g/mol. The van der Waals surface area contributed by atoms with Gasteiger partial charge in [-0.25, -0.2) is 4.98 Å². The fourth-order valence-corrected chi connectivity index (χ4v) is 3.11. The number of fused-ring (bicyclic) bond motifs is 1. The van der Waals surface area contributed by atoms with Crippen LogP contribution in [0.3, 0.4) is 0 Å².